The van der Waals surface area contributed by atoms with Crippen LogP contribution in [0.25, 0.3) is 10.4 Å². The lowest BCUT2D eigenvalue weighted by Crippen LogP contribution is -2.17. The molecule has 2 N–H and O–H groups in total. The number of nitrogens with one attached hydrogen (secondary N) is 1. The number of anilines is 2. The van der Waals surface area contributed by atoms with Crippen molar-refractivity contribution in [1.82, 2.24) is 4.98 Å². The van der Waals surface area contributed by atoms with Crippen molar-refractivity contribution in [1.29, 1.82) is 0 Å². The Morgan fingerprint density at radius 3 is 2.90 bits per heavy atom. The molecule has 1 fully saturated rings. The first-order valence-corrected chi connectivity index (χ1v) is 10.6. The van der Waals surface area contributed by atoms with Gasteiger partial charge in [0.05, 0.1) is 11.1 Å². The molecule has 1 aliphatic heterocycles. The number of carbonyl (C=O) groups is 1. The van der Waals surface area contributed by atoms with Gasteiger partial charge in [0.1, 0.15) is 7.11 Å². The summed E-state index contributed by atoms with van der Waals surface area (Å²) in [6.45, 7) is 2.13. The van der Waals surface area contributed by atoms with Gasteiger partial charge in [0.2, 0.25) is 0 Å². The fourth-order valence-electron chi connectivity index (χ4n) is 3.43. The summed E-state index contributed by atoms with van der Waals surface area (Å²) in [6, 6.07) is 10.5. The number of benzene rings is 2. The molecule has 1 amide bonds. The van der Waals surface area contributed by atoms with Gasteiger partial charge in [0.15, 0.2) is 16.7 Å². The van der Waals surface area contributed by atoms with Crippen molar-refractivity contribution < 1.29 is 19.1 Å². The summed E-state index contributed by atoms with van der Waals surface area (Å²) in [5.74, 6) is -2.08. The quantitative estimate of drug-likeness (QED) is 0.436. The standard InChI is InChI=1S/C22H21FN4O3S/c1-30-25-12-16-9-15(11-18(23)20(16)28)21(29)26-22-24-13-19(31-22)14-5-4-6-17(10-14)27-7-2-3-8-27/h4-6,9-13,28H,2-3,7-8H2,1H3,(H,24,26,29)/b25-12+. The Labute approximate surface area is 182 Å². The third kappa shape index (κ3) is 4.66. The topological polar surface area (TPSA) is 87.0 Å². The molecule has 2 aromatic carbocycles. The van der Waals surface area contributed by atoms with Crippen LogP contribution in [0.4, 0.5) is 15.2 Å². The Hall–Kier alpha value is -3.46. The molecule has 31 heavy (non-hydrogen) atoms. The Bertz CT molecular complexity index is 1130. The zero-order valence-electron chi connectivity index (χ0n) is 16.8. The summed E-state index contributed by atoms with van der Waals surface area (Å²) < 4.78 is 14.0. The summed E-state index contributed by atoms with van der Waals surface area (Å²) in [5.41, 5.74) is 2.26. The second-order valence-corrected chi connectivity index (χ2v) is 8.07. The fourth-order valence-corrected chi connectivity index (χ4v) is 4.23. The monoisotopic (exact) mass is 440 g/mol. The molecule has 0 radical (unpaired) electrons. The van der Waals surface area contributed by atoms with E-state index in [-0.39, 0.29) is 11.1 Å². The number of thiazole rings is 1. The summed E-state index contributed by atoms with van der Waals surface area (Å²) in [6.07, 6.45) is 5.25. The minimum atomic E-state index is -0.927. The zero-order valence-corrected chi connectivity index (χ0v) is 17.7. The number of aromatic nitrogens is 1. The maximum Gasteiger partial charge on any atom is 0.257 e. The van der Waals surface area contributed by atoms with Gasteiger partial charge in [0.25, 0.3) is 5.91 Å². The average molecular weight is 441 g/mol. The Morgan fingerprint density at radius 2 is 2.13 bits per heavy atom. The number of hydrogen-bond acceptors (Lipinski definition) is 7. The predicted octanol–water partition coefficient (Wildman–Crippen LogP) is 4.49. The molecule has 0 aliphatic carbocycles. The van der Waals surface area contributed by atoms with E-state index in [1.54, 1.807) is 6.20 Å². The molecule has 7 nitrogen and oxygen atoms in total. The van der Waals surface area contributed by atoms with E-state index in [1.807, 2.05) is 12.1 Å². The van der Waals surface area contributed by atoms with Crippen LogP contribution in [0.15, 0.2) is 47.8 Å². The van der Waals surface area contributed by atoms with E-state index in [2.05, 4.69) is 37.3 Å². The fraction of sp³-hybridized carbons (Fsp3) is 0.227. The minimum Gasteiger partial charge on any atom is -0.504 e. The van der Waals surface area contributed by atoms with Gasteiger partial charge in [-0.25, -0.2) is 9.37 Å². The van der Waals surface area contributed by atoms with Crippen molar-refractivity contribution in [3.63, 3.8) is 0 Å². The SMILES string of the molecule is CO/N=C/c1cc(C(=O)Nc2ncc(-c3cccc(N4CCCC4)c3)s2)cc(F)c1O. The largest absolute Gasteiger partial charge is 0.504 e. The van der Waals surface area contributed by atoms with Gasteiger partial charge in [-0.05, 0) is 42.7 Å². The highest BCUT2D eigenvalue weighted by molar-refractivity contribution is 7.19. The number of phenolic OH excluding ortho intramolecular Hbond substituents is 1. The minimum absolute atomic E-state index is 0.0284. The van der Waals surface area contributed by atoms with Gasteiger partial charge >= 0.3 is 0 Å². The van der Waals surface area contributed by atoms with Crippen LogP contribution < -0.4 is 10.2 Å². The van der Waals surface area contributed by atoms with Crippen LogP contribution in [0.5, 0.6) is 5.75 Å². The van der Waals surface area contributed by atoms with Crippen LogP contribution in [-0.4, -0.2) is 42.4 Å². The molecule has 1 aliphatic rings. The van der Waals surface area contributed by atoms with E-state index in [0.29, 0.717) is 5.13 Å². The Kier molecular flexibility index (Phi) is 6.13. The van der Waals surface area contributed by atoms with Gasteiger partial charge in [-0.15, -0.1) is 0 Å². The third-order valence-corrected chi connectivity index (χ3v) is 5.94. The van der Waals surface area contributed by atoms with Crippen LogP contribution in [0, 0.1) is 5.82 Å². The molecule has 1 saturated heterocycles. The van der Waals surface area contributed by atoms with E-state index >= 15 is 0 Å². The highest BCUT2D eigenvalue weighted by atomic mass is 32.1. The van der Waals surface area contributed by atoms with Crippen molar-refractivity contribution >= 4 is 34.3 Å². The lowest BCUT2D eigenvalue weighted by Gasteiger charge is -2.18. The highest BCUT2D eigenvalue weighted by Crippen LogP contribution is 2.32. The maximum absolute atomic E-state index is 14.0. The molecule has 0 spiro atoms. The predicted molar refractivity (Wildman–Crippen MR) is 120 cm³/mol. The maximum atomic E-state index is 14.0. The van der Waals surface area contributed by atoms with Crippen molar-refractivity contribution in [2.75, 3.05) is 30.4 Å². The first-order chi connectivity index (χ1) is 15.0. The van der Waals surface area contributed by atoms with Crippen LogP contribution >= 0.6 is 11.3 Å². The first-order valence-electron chi connectivity index (χ1n) is 9.77. The Morgan fingerprint density at radius 1 is 1.32 bits per heavy atom. The summed E-state index contributed by atoms with van der Waals surface area (Å²) >= 11 is 1.33. The number of aromatic hydroxyl groups is 1. The average Bonchev–Trinajstić information content (AvgIpc) is 3.47. The molecule has 1 aromatic heterocycles. The summed E-state index contributed by atoms with van der Waals surface area (Å²) in [7, 11) is 1.32. The van der Waals surface area contributed by atoms with E-state index < -0.39 is 17.5 Å². The number of halogens is 1. The lowest BCUT2D eigenvalue weighted by atomic mass is 10.1. The van der Waals surface area contributed by atoms with Crippen LogP contribution in [0.3, 0.4) is 0 Å². The number of oxime groups is 1. The summed E-state index contributed by atoms with van der Waals surface area (Å²) in [4.78, 5) is 24.7. The third-order valence-electron chi connectivity index (χ3n) is 4.98. The van der Waals surface area contributed by atoms with Crippen LogP contribution in [-0.2, 0) is 4.84 Å². The van der Waals surface area contributed by atoms with Crippen LogP contribution in [0.2, 0.25) is 0 Å². The van der Waals surface area contributed by atoms with Gasteiger partial charge in [-0.1, -0.05) is 28.6 Å². The molecule has 0 bridgehead atoms. The van der Waals surface area contributed by atoms with E-state index in [1.165, 1.54) is 43.0 Å². The molecule has 0 atom stereocenters. The molecule has 2 heterocycles. The van der Waals surface area contributed by atoms with E-state index in [0.717, 1.165) is 35.8 Å². The number of carbonyl (C=O) groups excluding carboxylic acids is 1. The normalized spacial score (nSPS) is 13.7. The van der Waals surface area contributed by atoms with Gasteiger partial charge in [0, 0.05) is 36.1 Å². The van der Waals surface area contributed by atoms with E-state index in [9.17, 15) is 14.3 Å². The van der Waals surface area contributed by atoms with Crippen molar-refractivity contribution in [3.8, 4) is 16.2 Å². The number of nitrogens with zero attached hydrogens (tertiary/aromatic N) is 3. The number of phenols is 1. The second-order valence-electron chi connectivity index (χ2n) is 7.04. The molecule has 0 saturated carbocycles. The molecular formula is C22H21FN4O3S. The molecule has 160 valence electrons. The highest BCUT2D eigenvalue weighted by Gasteiger charge is 2.16. The number of hydrogen-bond donors (Lipinski definition) is 2. The molecule has 9 heteroatoms. The van der Waals surface area contributed by atoms with Crippen LogP contribution in [0.1, 0.15) is 28.8 Å². The van der Waals surface area contributed by atoms with Gasteiger partial charge in [-0.2, -0.15) is 0 Å². The molecular weight excluding hydrogens is 419 g/mol. The number of rotatable bonds is 6. The molecule has 4 rings (SSSR count). The number of amides is 1. The first kappa shape index (κ1) is 20.8. The van der Waals surface area contributed by atoms with Crippen molar-refractivity contribution in [3.05, 3.63) is 59.5 Å². The lowest BCUT2D eigenvalue weighted by molar-refractivity contribution is 0.102. The molecule has 3 aromatic rings. The summed E-state index contributed by atoms with van der Waals surface area (Å²) in [5, 5.41) is 16.4. The van der Waals surface area contributed by atoms with Crippen molar-refractivity contribution in [2.24, 2.45) is 5.16 Å². The zero-order chi connectivity index (χ0) is 21.8. The second kappa shape index (κ2) is 9.13. The van der Waals surface area contributed by atoms with Crippen molar-refractivity contribution in [2.45, 2.75) is 12.8 Å². The van der Waals surface area contributed by atoms with Gasteiger partial charge < -0.3 is 14.8 Å². The smallest absolute Gasteiger partial charge is 0.257 e. The molecule has 0 unspecified atom stereocenters. The van der Waals surface area contributed by atoms with Gasteiger partial charge in [-0.3, -0.25) is 10.1 Å². The van der Waals surface area contributed by atoms with E-state index in [4.69, 9.17) is 0 Å². The Balaban J connectivity index is 1.52.